The highest BCUT2D eigenvalue weighted by Gasteiger charge is 2.33. The molecule has 3 rings (SSSR count). The van der Waals surface area contributed by atoms with Gasteiger partial charge in [0.1, 0.15) is 5.69 Å². The molecule has 0 radical (unpaired) electrons. The molecule has 11 heteroatoms. The first kappa shape index (κ1) is 25.3. The zero-order chi connectivity index (χ0) is 24.7. The van der Waals surface area contributed by atoms with E-state index in [1.54, 1.807) is 0 Å². The molecule has 1 atom stereocenters. The quantitative estimate of drug-likeness (QED) is 0.421. The third kappa shape index (κ3) is 6.83. The van der Waals surface area contributed by atoms with Gasteiger partial charge in [-0.2, -0.15) is 13.2 Å². The van der Waals surface area contributed by atoms with Gasteiger partial charge in [-0.15, -0.1) is 0 Å². The Hall–Kier alpha value is -3.34. The van der Waals surface area contributed by atoms with Crippen molar-refractivity contribution in [3.8, 4) is 0 Å². The van der Waals surface area contributed by atoms with Gasteiger partial charge < -0.3 is 15.5 Å². The van der Waals surface area contributed by atoms with Crippen LogP contribution in [0.2, 0.25) is 0 Å². The van der Waals surface area contributed by atoms with Crippen molar-refractivity contribution >= 4 is 23.0 Å². The molecule has 0 bridgehead atoms. The fourth-order valence-corrected chi connectivity index (χ4v) is 3.86. The van der Waals surface area contributed by atoms with Crippen LogP contribution in [-0.2, 0) is 11.0 Å². The van der Waals surface area contributed by atoms with E-state index in [2.05, 4.69) is 32.6 Å². The van der Waals surface area contributed by atoms with E-state index >= 15 is 0 Å². The van der Waals surface area contributed by atoms with Gasteiger partial charge in [-0.05, 0) is 31.2 Å². The number of alkyl halides is 3. The van der Waals surface area contributed by atoms with Gasteiger partial charge in [-0.25, -0.2) is 0 Å². The number of amides is 1. The Morgan fingerprint density at radius 3 is 2.41 bits per heavy atom. The van der Waals surface area contributed by atoms with Gasteiger partial charge in [0.05, 0.1) is 10.5 Å². The van der Waals surface area contributed by atoms with Crippen LogP contribution in [0.1, 0.15) is 18.9 Å². The Balaban J connectivity index is 1.41. The summed E-state index contributed by atoms with van der Waals surface area (Å²) in [4.78, 5) is 27.1. The minimum absolute atomic E-state index is 0.0344. The number of carbonyl (C=O) groups is 1. The van der Waals surface area contributed by atoms with Crippen molar-refractivity contribution < 1.29 is 22.9 Å². The number of carbonyl (C=O) groups excluding carboxylic acids is 1. The maximum Gasteiger partial charge on any atom is 0.416 e. The molecule has 0 aliphatic carbocycles. The first-order valence-corrected chi connectivity index (χ1v) is 11.1. The third-order valence-corrected chi connectivity index (χ3v) is 5.84. The van der Waals surface area contributed by atoms with Crippen LogP contribution in [0.25, 0.3) is 0 Å². The largest absolute Gasteiger partial charge is 0.416 e. The van der Waals surface area contributed by atoms with E-state index in [1.165, 1.54) is 5.69 Å². The second kappa shape index (κ2) is 11.2. The number of halogens is 3. The van der Waals surface area contributed by atoms with Crippen molar-refractivity contribution in [3.63, 3.8) is 0 Å². The standard InChI is InChI=1S/C23H28F3N5O3/c1-17(29-11-13-30(14-12-29)19-5-3-2-4-6-19)16-28-22(32)9-10-27-20-8-7-18(23(24,25)26)15-21(20)31(33)34/h2-8,15,17,27H,9-14,16H2,1H3,(H,28,32). The molecule has 1 heterocycles. The van der Waals surface area contributed by atoms with Crippen molar-refractivity contribution in [1.82, 2.24) is 10.2 Å². The van der Waals surface area contributed by atoms with Crippen LogP contribution >= 0.6 is 0 Å². The number of rotatable bonds is 9. The van der Waals surface area contributed by atoms with E-state index in [1.807, 2.05) is 25.1 Å². The second-order valence-corrected chi connectivity index (χ2v) is 8.18. The van der Waals surface area contributed by atoms with Gasteiger partial charge in [-0.1, -0.05) is 18.2 Å². The molecule has 1 amide bonds. The smallest absolute Gasteiger partial charge is 0.379 e. The minimum Gasteiger partial charge on any atom is -0.379 e. The molecule has 2 N–H and O–H groups in total. The van der Waals surface area contributed by atoms with Crippen LogP contribution in [0, 0.1) is 10.1 Å². The Morgan fingerprint density at radius 1 is 1.12 bits per heavy atom. The monoisotopic (exact) mass is 479 g/mol. The van der Waals surface area contributed by atoms with E-state index < -0.39 is 22.4 Å². The van der Waals surface area contributed by atoms with E-state index in [4.69, 9.17) is 0 Å². The van der Waals surface area contributed by atoms with Gasteiger partial charge in [0, 0.05) is 63.5 Å². The van der Waals surface area contributed by atoms with Gasteiger partial charge >= 0.3 is 6.18 Å². The first-order chi connectivity index (χ1) is 16.1. The summed E-state index contributed by atoms with van der Waals surface area (Å²) in [5.74, 6) is -0.239. The van der Waals surface area contributed by atoms with Crippen LogP contribution in [0.15, 0.2) is 48.5 Å². The van der Waals surface area contributed by atoms with E-state index in [0.29, 0.717) is 12.6 Å². The lowest BCUT2D eigenvalue weighted by atomic mass is 10.1. The summed E-state index contributed by atoms with van der Waals surface area (Å²) in [5, 5.41) is 16.7. The molecule has 1 aliphatic heterocycles. The Kier molecular flexibility index (Phi) is 8.32. The minimum atomic E-state index is -4.67. The third-order valence-electron chi connectivity index (χ3n) is 5.84. The molecule has 1 aliphatic rings. The van der Waals surface area contributed by atoms with Crippen LogP contribution in [0.5, 0.6) is 0 Å². The lowest BCUT2D eigenvalue weighted by molar-refractivity contribution is -0.384. The summed E-state index contributed by atoms with van der Waals surface area (Å²) in [6, 6.07) is 12.6. The lowest BCUT2D eigenvalue weighted by Crippen LogP contribution is -2.52. The molecule has 184 valence electrons. The highest BCUT2D eigenvalue weighted by molar-refractivity contribution is 5.76. The summed E-state index contributed by atoms with van der Waals surface area (Å²) in [5.41, 5.74) is -0.640. The molecule has 1 saturated heterocycles. The van der Waals surface area contributed by atoms with Crippen LogP contribution in [-0.4, -0.2) is 61.0 Å². The van der Waals surface area contributed by atoms with E-state index in [9.17, 15) is 28.1 Å². The highest BCUT2D eigenvalue weighted by Crippen LogP contribution is 2.34. The predicted molar refractivity (Wildman–Crippen MR) is 124 cm³/mol. The zero-order valence-corrected chi connectivity index (χ0v) is 18.8. The maximum absolute atomic E-state index is 12.8. The lowest BCUT2D eigenvalue weighted by Gasteiger charge is -2.39. The Morgan fingerprint density at radius 2 is 1.79 bits per heavy atom. The average Bonchev–Trinajstić information content (AvgIpc) is 2.82. The number of nitro benzene ring substituents is 1. The maximum atomic E-state index is 12.8. The topological polar surface area (TPSA) is 90.7 Å². The van der Waals surface area contributed by atoms with Crippen molar-refractivity contribution in [2.24, 2.45) is 0 Å². The molecule has 0 spiro atoms. The number of para-hydroxylation sites is 1. The van der Waals surface area contributed by atoms with E-state index in [0.717, 1.165) is 38.3 Å². The molecule has 1 fully saturated rings. The zero-order valence-electron chi connectivity index (χ0n) is 18.8. The number of piperazine rings is 1. The summed E-state index contributed by atoms with van der Waals surface area (Å²) < 4.78 is 38.4. The van der Waals surface area contributed by atoms with Gasteiger partial charge in [0.2, 0.25) is 5.91 Å². The predicted octanol–water partition coefficient (Wildman–Crippen LogP) is 3.74. The number of nitro groups is 1. The SMILES string of the molecule is CC(CNC(=O)CCNc1ccc(C(F)(F)F)cc1[N+](=O)[O-])N1CCN(c2ccccc2)CC1. The summed E-state index contributed by atoms with van der Waals surface area (Å²) in [6.07, 6.45) is -4.64. The fourth-order valence-electron chi connectivity index (χ4n) is 3.86. The molecular formula is C23H28F3N5O3. The molecule has 8 nitrogen and oxygen atoms in total. The number of nitrogens with one attached hydrogen (secondary N) is 2. The second-order valence-electron chi connectivity index (χ2n) is 8.18. The van der Waals surface area contributed by atoms with Crippen LogP contribution in [0.4, 0.5) is 30.2 Å². The number of hydrogen-bond donors (Lipinski definition) is 2. The number of hydrogen-bond acceptors (Lipinski definition) is 6. The first-order valence-electron chi connectivity index (χ1n) is 11.1. The Bertz CT molecular complexity index is 980. The molecular weight excluding hydrogens is 451 g/mol. The van der Waals surface area contributed by atoms with Crippen LogP contribution < -0.4 is 15.5 Å². The van der Waals surface area contributed by atoms with Crippen molar-refractivity contribution in [2.45, 2.75) is 25.6 Å². The Labute approximate surface area is 195 Å². The van der Waals surface area contributed by atoms with Crippen molar-refractivity contribution in [3.05, 3.63) is 64.2 Å². The van der Waals surface area contributed by atoms with E-state index in [-0.39, 0.29) is 30.6 Å². The van der Waals surface area contributed by atoms with Crippen molar-refractivity contribution in [1.29, 1.82) is 0 Å². The summed E-state index contributed by atoms with van der Waals surface area (Å²) in [6.45, 7) is 6.13. The van der Waals surface area contributed by atoms with Crippen molar-refractivity contribution in [2.75, 3.05) is 49.5 Å². The summed E-state index contributed by atoms with van der Waals surface area (Å²) >= 11 is 0. The molecule has 0 saturated carbocycles. The van der Waals surface area contributed by atoms with Gasteiger partial charge in [0.15, 0.2) is 0 Å². The molecule has 2 aromatic carbocycles. The summed E-state index contributed by atoms with van der Waals surface area (Å²) in [7, 11) is 0. The normalized spacial score (nSPS) is 15.6. The number of anilines is 2. The number of benzene rings is 2. The molecule has 2 aromatic rings. The highest BCUT2D eigenvalue weighted by atomic mass is 19.4. The van der Waals surface area contributed by atoms with Crippen LogP contribution in [0.3, 0.4) is 0 Å². The molecule has 0 aromatic heterocycles. The average molecular weight is 480 g/mol. The van der Waals surface area contributed by atoms with Gasteiger partial charge in [-0.3, -0.25) is 19.8 Å². The molecule has 34 heavy (non-hydrogen) atoms. The van der Waals surface area contributed by atoms with Gasteiger partial charge in [0.25, 0.3) is 5.69 Å². The molecule has 1 unspecified atom stereocenters. The number of nitrogens with zero attached hydrogens (tertiary/aromatic N) is 3. The fraction of sp³-hybridized carbons (Fsp3) is 0.435.